The molecule has 0 aliphatic carbocycles. The molecule has 180 valence electrons. The van der Waals surface area contributed by atoms with Gasteiger partial charge in [-0.05, 0) is 56.5 Å². The Morgan fingerprint density at radius 3 is 2.57 bits per heavy atom. The van der Waals surface area contributed by atoms with Gasteiger partial charge in [-0.1, -0.05) is 42.0 Å². The molecule has 0 saturated carbocycles. The Labute approximate surface area is 206 Å². The zero-order valence-corrected chi connectivity index (χ0v) is 20.9. The average Bonchev–Trinajstić information content (AvgIpc) is 3.25. The number of furan rings is 1. The smallest absolute Gasteiger partial charge is 0.244 e. The molecule has 0 saturated heterocycles. The van der Waals surface area contributed by atoms with Crippen molar-refractivity contribution in [2.24, 2.45) is 0 Å². The van der Waals surface area contributed by atoms with Crippen molar-refractivity contribution in [3.05, 3.63) is 89.2 Å². The summed E-state index contributed by atoms with van der Waals surface area (Å²) in [5.74, 6) is 1.25. The predicted octanol–water partition coefficient (Wildman–Crippen LogP) is 6.84. The summed E-state index contributed by atoms with van der Waals surface area (Å²) in [5, 5.41) is 3.94. The third-order valence-electron chi connectivity index (χ3n) is 6.07. The maximum Gasteiger partial charge on any atom is 0.244 e. The molecule has 35 heavy (non-hydrogen) atoms. The molecule has 0 bridgehead atoms. The number of nitrogens with one attached hydrogen (secondary N) is 1. The highest BCUT2D eigenvalue weighted by Crippen LogP contribution is 2.38. The number of para-hydroxylation sites is 1. The van der Waals surface area contributed by atoms with E-state index in [0.717, 1.165) is 44.5 Å². The summed E-state index contributed by atoms with van der Waals surface area (Å²) >= 11 is 0. The van der Waals surface area contributed by atoms with Gasteiger partial charge in [-0.2, -0.15) is 0 Å². The number of ether oxygens (including phenoxy) is 2. The number of hydrogen-bond acceptors (Lipinski definition) is 4. The molecule has 4 rings (SSSR count). The van der Waals surface area contributed by atoms with Crippen molar-refractivity contribution >= 4 is 22.4 Å². The fraction of sp³-hybridized carbons (Fsp3) is 0.233. The third-order valence-corrected chi connectivity index (χ3v) is 6.07. The van der Waals surface area contributed by atoms with Gasteiger partial charge in [0.15, 0.2) is 0 Å². The molecule has 1 aromatic heterocycles. The highest BCUT2D eigenvalue weighted by atomic mass is 16.5. The number of methoxy groups -OCH3 is 1. The summed E-state index contributed by atoms with van der Waals surface area (Å²) in [4.78, 5) is 12.8. The van der Waals surface area contributed by atoms with Crippen LogP contribution in [0.3, 0.4) is 0 Å². The fourth-order valence-electron chi connectivity index (χ4n) is 4.32. The number of allylic oxidation sites excluding steroid dienone is 1. The predicted molar refractivity (Wildman–Crippen MR) is 141 cm³/mol. The van der Waals surface area contributed by atoms with Gasteiger partial charge >= 0.3 is 0 Å². The van der Waals surface area contributed by atoms with Crippen molar-refractivity contribution in [3.8, 4) is 22.6 Å². The van der Waals surface area contributed by atoms with Gasteiger partial charge in [-0.15, -0.1) is 0 Å². The van der Waals surface area contributed by atoms with Gasteiger partial charge < -0.3 is 19.2 Å². The molecule has 0 unspecified atom stereocenters. The van der Waals surface area contributed by atoms with Crippen LogP contribution in [-0.2, 0) is 11.3 Å². The van der Waals surface area contributed by atoms with E-state index in [1.54, 1.807) is 19.4 Å². The van der Waals surface area contributed by atoms with Crippen molar-refractivity contribution in [1.82, 2.24) is 5.32 Å². The number of rotatable bonds is 8. The zero-order valence-electron chi connectivity index (χ0n) is 20.9. The second-order valence-electron chi connectivity index (χ2n) is 8.60. The van der Waals surface area contributed by atoms with E-state index in [0.29, 0.717) is 18.9 Å². The maximum absolute atomic E-state index is 12.8. The fourth-order valence-corrected chi connectivity index (χ4v) is 4.32. The van der Waals surface area contributed by atoms with Crippen LogP contribution in [-0.4, -0.2) is 19.6 Å². The van der Waals surface area contributed by atoms with Crippen LogP contribution >= 0.6 is 0 Å². The van der Waals surface area contributed by atoms with Crippen molar-refractivity contribution in [2.75, 3.05) is 13.7 Å². The topological polar surface area (TPSA) is 60.7 Å². The quantitative estimate of drug-likeness (QED) is 0.287. The van der Waals surface area contributed by atoms with Gasteiger partial charge in [-0.3, -0.25) is 4.79 Å². The van der Waals surface area contributed by atoms with Gasteiger partial charge in [0.1, 0.15) is 17.1 Å². The molecule has 0 aliphatic heterocycles. The lowest BCUT2D eigenvalue weighted by atomic mass is 9.96. The minimum Gasteiger partial charge on any atom is -0.496 e. The molecule has 1 amide bonds. The zero-order chi connectivity index (χ0) is 24.9. The molecular weight excluding hydrogens is 438 g/mol. The minimum absolute atomic E-state index is 0.183. The van der Waals surface area contributed by atoms with Crippen LogP contribution in [0.1, 0.15) is 36.1 Å². The molecule has 0 atom stereocenters. The van der Waals surface area contributed by atoms with Gasteiger partial charge in [0, 0.05) is 40.8 Å². The molecule has 0 aliphatic rings. The van der Waals surface area contributed by atoms with Crippen LogP contribution in [0.15, 0.2) is 71.4 Å². The van der Waals surface area contributed by atoms with Gasteiger partial charge in [0.05, 0.1) is 20.0 Å². The van der Waals surface area contributed by atoms with E-state index in [9.17, 15) is 4.79 Å². The first-order chi connectivity index (χ1) is 16.9. The molecule has 0 fully saturated rings. The molecular formula is C30H31NO4. The number of fused-ring (bicyclic) bond motifs is 1. The van der Waals surface area contributed by atoms with Crippen LogP contribution in [0, 0.1) is 13.8 Å². The van der Waals surface area contributed by atoms with Crippen LogP contribution < -0.4 is 14.8 Å². The molecule has 4 aromatic rings. The standard InChI is InChI=1S/C30H31NO4/c1-6-34-28-16-29-25(26(18-35-29)23-12-11-19(2)13-20(23)3)15-24(28)21(4)14-30(32)31-17-22-9-7-8-10-27(22)33-5/h7-16,18H,6,17H2,1-5H3,(H,31,32)/b21-14+. The number of benzene rings is 3. The third kappa shape index (κ3) is 5.24. The summed E-state index contributed by atoms with van der Waals surface area (Å²) in [6.45, 7) is 8.94. The van der Waals surface area contributed by atoms with Crippen LogP contribution in [0.2, 0.25) is 0 Å². The number of hydrogen-bond donors (Lipinski definition) is 1. The van der Waals surface area contributed by atoms with Crippen LogP contribution in [0.5, 0.6) is 11.5 Å². The Balaban J connectivity index is 1.67. The van der Waals surface area contributed by atoms with Gasteiger partial charge in [0.2, 0.25) is 5.91 Å². The highest BCUT2D eigenvalue weighted by molar-refractivity contribution is 6.00. The summed E-state index contributed by atoms with van der Waals surface area (Å²) in [6, 6.07) is 18.0. The van der Waals surface area contributed by atoms with Crippen LogP contribution in [0.25, 0.3) is 27.7 Å². The Kier molecular flexibility index (Phi) is 7.25. The first kappa shape index (κ1) is 24.1. The lowest BCUT2D eigenvalue weighted by molar-refractivity contribution is -0.116. The summed E-state index contributed by atoms with van der Waals surface area (Å²) < 4.78 is 17.2. The number of amides is 1. The Bertz CT molecular complexity index is 1400. The molecule has 1 N–H and O–H groups in total. The van der Waals surface area contributed by atoms with Gasteiger partial charge in [0.25, 0.3) is 0 Å². The van der Waals surface area contributed by atoms with Crippen molar-refractivity contribution in [1.29, 1.82) is 0 Å². The Morgan fingerprint density at radius 2 is 1.83 bits per heavy atom. The van der Waals surface area contributed by atoms with E-state index in [1.807, 2.05) is 44.2 Å². The first-order valence-electron chi connectivity index (χ1n) is 11.7. The monoisotopic (exact) mass is 469 g/mol. The van der Waals surface area contributed by atoms with E-state index >= 15 is 0 Å². The first-order valence-corrected chi connectivity index (χ1v) is 11.7. The molecule has 0 radical (unpaired) electrons. The largest absolute Gasteiger partial charge is 0.496 e. The normalized spacial score (nSPS) is 11.5. The number of aryl methyl sites for hydroxylation is 2. The molecule has 1 heterocycles. The maximum atomic E-state index is 12.8. The summed E-state index contributed by atoms with van der Waals surface area (Å²) in [6.07, 6.45) is 3.40. The van der Waals surface area contributed by atoms with E-state index in [2.05, 4.69) is 43.4 Å². The van der Waals surface area contributed by atoms with E-state index in [-0.39, 0.29) is 5.91 Å². The molecule has 3 aromatic carbocycles. The average molecular weight is 470 g/mol. The molecule has 5 heteroatoms. The van der Waals surface area contributed by atoms with Crippen molar-refractivity contribution < 1.29 is 18.7 Å². The minimum atomic E-state index is -0.183. The number of carbonyl (C=O) groups is 1. The summed E-state index contributed by atoms with van der Waals surface area (Å²) in [7, 11) is 1.62. The lowest BCUT2D eigenvalue weighted by Crippen LogP contribution is -2.21. The second-order valence-corrected chi connectivity index (χ2v) is 8.60. The molecule has 0 spiro atoms. The van der Waals surface area contributed by atoms with Gasteiger partial charge in [-0.25, -0.2) is 0 Å². The number of carbonyl (C=O) groups excluding carboxylic acids is 1. The van der Waals surface area contributed by atoms with Crippen molar-refractivity contribution in [3.63, 3.8) is 0 Å². The van der Waals surface area contributed by atoms with E-state index in [1.165, 1.54) is 11.1 Å². The lowest BCUT2D eigenvalue weighted by Gasteiger charge is -2.12. The Hall–Kier alpha value is -3.99. The SMILES string of the molecule is CCOc1cc2occ(-c3ccc(C)cc3C)c2cc1/C(C)=C/C(=O)NCc1ccccc1OC. The van der Waals surface area contributed by atoms with E-state index in [4.69, 9.17) is 13.9 Å². The Morgan fingerprint density at radius 1 is 1.03 bits per heavy atom. The van der Waals surface area contributed by atoms with Crippen molar-refractivity contribution in [2.45, 2.75) is 34.2 Å². The van der Waals surface area contributed by atoms with E-state index < -0.39 is 0 Å². The van der Waals surface area contributed by atoms with Crippen LogP contribution in [0.4, 0.5) is 0 Å². The molecule has 5 nitrogen and oxygen atoms in total. The second kappa shape index (κ2) is 10.5. The summed E-state index contributed by atoms with van der Waals surface area (Å²) in [5.41, 5.74) is 7.89. The highest BCUT2D eigenvalue weighted by Gasteiger charge is 2.16.